The van der Waals surface area contributed by atoms with Crippen molar-refractivity contribution in [2.24, 2.45) is 0 Å². The molecule has 0 heterocycles. The molecule has 0 aliphatic rings. The van der Waals surface area contributed by atoms with E-state index >= 15 is 0 Å². The second-order valence-electron chi connectivity index (χ2n) is 5.48. The molecule has 26 heavy (non-hydrogen) atoms. The minimum atomic E-state index is -0.170. The Kier molecular flexibility index (Phi) is 6.28. The van der Waals surface area contributed by atoms with E-state index in [1.54, 1.807) is 18.2 Å². The van der Waals surface area contributed by atoms with E-state index in [0.29, 0.717) is 24.5 Å². The van der Waals surface area contributed by atoms with Crippen molar-refractivity contribution in [3.05, 3.63) is 88.9 Å². The Hall–Kier alpha value is -2.79. The number of amides is 1. The molecule has 0 radical (unpaired) electrons. The van der Waals surface area contributed by atoms with Crippen LogP contribution in [0.2, 0.25) is 0 Å². The number of benzene rings is 3. The number of hydrogen-bond acceptors (Lipinski definition) is 3. The molecule has 0 unspecified atom stereocenters. The van der Waals surface area contributed by atoms with Crippen LogP contribution in [0, 0.1) is 0 Å². The number of nitrogens with one attached hydrogen (secondary N) is 1. The van der Waals surface area contributed by atoms with E-state index in [9.17, 15) is 4.79 Å². The lowest BCUT2D eigenvalue weighted by Crippen LogP contribution is -2.12. The summed E-state index contributed by atoms with van der Waals surface area (Å²) in [6.07, 6.45) is 0. The summed E-state index contributed by atoms with van der Waals surface area (Å²) in [6.45, 7) is 0.843. The number of para-hydroxylation sites is 2. The summed E-state index contributed by atoms with van der Waals surface area (Å²) in [7, 11) is 0. The SMILES string of the molecule is O=C(Nc1ccccc1)c1ccc(OCCOc2ccccc2)c(Br)c1. The topological polar surface area (TPSA) is 47.6 Å². The number of carbonyl (C=O) groups is 1. The number of ether oxygens (including phenoxy) is 2. The molecular weight excluding hydrogens is 394 g/mol. The van der Waals surface area contributed by atoms with Crippen molar-refractivity contribution in [3.63, 3.8) is 0 Å². The zero-order valence-corrected chi connectivity index (χ0v) is 15.6. The molecule has 0 aliphatic carbocycles. The highest BCUT2D eigenvalue weighted by molar-refractivity contribution is 9.10. The largest absolute Gasteiger partial charge is 0.490 e. The summed E-state index contributed by atoms with van der Waals surface area (Å²) < 4.78 is 12.0. The molecule has 0 atom stereocenters. The van der Waals surface area contributed by atoms with E-state index in [1.165, 1.54) is 0 Å². The van der Waals surface area contributed by atoms with Crippen molar-refractivity contribution in [1.29, 1.82) is 0 Å². The number of hydrogen-bond donors (Lipinski definition) is 1. The Labute approximate surface area is 160 Å². The Balaban J connectivity index is 1.53. The van der Waals surface area contributed by atoms with Crippen LogP contribution in [-0.2, 0) is 0 Å². The van der Waals surface area contributed by atoms with Gasteiger partial charge in [0.05, 0.1) is 4.47 Å². The lowest BCUT2D eigenvalue weighted by molar-refractivity contribution is 0.102. The highest BCUT2D eigenvalue weighted by Crippen LogP contribution is 2.26. The number of anilines is 1. The van der Waals surface area contributed by atoms with Gasteiger partial charge in [-0.3, -0.25) is 4.79 Å². The first kappa shape index (κ1) is 18.0. The van der Waals surface area contributed by atoms with E-state index in [0.717, 1.165) is 15.9 Å². The van der Waals surface area contributed by atoms with Gasteiger partial charge in [-0.05, 0) is 58.4 Å². The van der Waals surface area contributed by atoms with Gasteiger partial charge in [-0.15, -0.1) is 0 Å². The van der Waals surface area contributed by atoms with Crippen LogP contribution in [0.25, 0.3) is 0 Å². The Morgan fingerprint density at radius 3 is 2.19 bits per heavy atom. The average molecular weight is 412 g/mol. The van der Waals surface area contributed by atoms with Crippen LogP contribution in [0.5, 0.6) is 11.5 Å². The highest BCUT2D eigenvalue weighted by Gasteiger charge is 2.09. The van der Waals surface area contributed by atoms with E-state index in [2.05, 4.69) is 21.2 Å². The van der Waals surface area contributed by atoms with Gasteiger partial charge in [0, 0.05) is 11.3 Å². The molecule has 1 amide bonds. The molecule has 0 saturated carbocycles. The maximum atomic E-state index is 12.3. The number of carbonyl (C=O) groups excluding carboxylic acids is 1. The molecule has 0 saturated heterocycles. The summed E-state index contributed by atoms with van der Waals surface area (Å²) in [4.78, 5) is 12.3. The summed E-state index contributed by atoms with van der Waals surface area (Å²) in [6, 6.07) is 24.2. The Bertz CT molecular complexity index is 854. The third-order valence-electron chi connectivity index (χ3n) is 3.58. The molecule has 0 aromatic heterocycles. The van der Waals surface area contributed by atoms with Crippen molar-refractivity contribution in [3.8, 4) is 11.5 Å². The third kappa shape index (κ3) is 5.10. The standard InChI is InChI=1S/C21H18BrNO3/c22-19-15-16(21(24)23-17-7-3-1-4-8-17)11-12-20(19)26-14-13-25-18-9-5-2-6-10-18/h1-12,15H,13-14H2,(H,23,24). The van der Waals surface area contributed by atoms with Gasteiger partial charge < -0.3 is 14.8 Å². The van der Waals surface area contributed by atoms with Crippen molar-refractivity contribution in [2.45, 2.75) is 0 Å². The highest BCUT2D eigenvalue weighted by atomic mass is 79.9. The third-order valence-corrected chi connectivity index (χ3v) is 4.20. The van der Waals surface area contributed by atoms with Crippen LogP contribution in [0.3, 0.4) is 0 Å². The molecule has 0 aliphatic heterocycles. The van der Waals surface area contributed by atoms with Gasteiger partial charge in [-0.1, -0.05) is 36.4 Å². The fraction of sp³-hybridized carbons (Fsp3) is 0.0952. The number of rotatable bonds is 7. The summed E-state index contributed by atoms with van der Waals surface area (Å²) in [5.41, 5.74) is 1.31. The first-order valence-electron chi connectivity index (χ1n) is 8.19. The van der Waals surface area contributed by atoms with Crippen LogP contribution >= 0.6 is 15.9 Å². The van der Waals surface area contributed by atoms with E-state index in [4.69, 9.17) is 9.47 Å². The molecule has 0 spiro atoms. The van der Waals surface area contributed by atoms with Crippen molar-refractivity contribution in [1.82, 2.24) is 0 Å². The van der Waals surface area contributed by atoms with E-state index in [-0.39, 0.29) is 5.91 Å². The minimum Gasteiger partial charge on any atom is -0.490 e. The van der Waals surface area contributed by atoms with Crippen LogP contribution < -0.4 is 14.8 Å². The van der Waals surface area contributed by atoms with Crippen molar-refractivity contribution in [2.75, 3.05) is 18.5 Å². The fourth-order valence-electron chi connectivity index (χ4n) is 2.31. The minimum absolute atomic E-state index is 0.170. The summed E-state index contributed by atoms with van der Waals surface area (Å²) >= 11 is 3.45. The molecular formula is C21H18BrNO3. The molecule has 3 aromatic rings. The molecule has 1 N–H and O–H groups in total. The normalized spacial score (nSPS) is 10.2. The predicted molar refractivity (Wildman–Crippen MR) is 106 cm³/mol. The molecule has 5 heteroatoms. The van der Waals surface area contributed by atoms with Crippen LogP contribution in [0.4, 0.5) is 5.69 Å². The number of halogens is 1. The summed E-state index contributed by atoms with van der Waals surface area (Å²) in [5.74, 6) is 1.30. The van der Waals surface area contributed by atoms with Crippen LogP contribution in [-0.4, -0.2) is 19.1 Å². The van der Waals surface area contributed by atoms with Gasteiger partial charge >= 0.3 is 0 Å². The second-order valence-corrected chi connectivity index (χ2v) is 6.33. The second kappa shape index (κ2) is 9.06. The smallest absolute Gasteiger partial charge is 0.255 e. The zero-order valence-electron chi connectivity index (χ0n) is 14.0. The summed E-state index contributed by atoms with van der Waals surface area (Å²) in [5, 5.41) is 2.85. The molecule has 4 nitrogen and oxygen atoms in total. The molecule has 132 valence electrons. The fourth-order valence-corrected chi connectivity index (χ4v) is 2.80. The monoisotopic (exact) mass is 411 g/mol. The van der Waals surface area contributed by atoms with Gasteiger partial charge in [0.2, 0.25) is 0 Å². The Morgan fingerprint density at radius 1 is 0.846 bits per heavy atom. The zero-order chi connectivity index (χ0) is 18.2. The quantitative estimate of drug-likeness (QED) is 0.546. The lowest BCUT2D eigenvalue weighted by atomic mass is 10.2. The van der Waals surface area contributed by atoms with Gasteiger partial charge in [-0.25, -0.2) is 0 Å². The van der Waals surface area contributed by atoms with Gasteiger partial charge in [0.15, 0.2) is 0 Å². The predicted octanol–water partition coefficient (Wildman–Crippen LogP) is 5.16. The molecule has 3 rings (SSSR count). The van der Waals surface area contributed by atoms with Gasteiger partial charge in [0.1, 0.15) is 24.7 Å². The van der Waals surface area contributed by atoms with Gasteiger partial charge in [-0.2, -0.15) is 0 Å². The maximum Gasteiger partial charge on any atom is 0.255 e. The Morgan fingerprint density at radius 2 is 1.50 bits per heavy atom. The van der Waals surface area contributed by atoms with Crippen LogP contribution in [0.15, 0.2) is 83.3 Å². The maximum absolute atomic E-state index is 12.3. The van der Waals surface area contributed by atoms with Crippen molar-refractivity contribution < 1.29 is 14.3 Å². The van der Waals surface area contributed by atoms with E-state index < -0.39 is 0 Å². The lowest BCUT2D eigenvalue weighted by Gasteiger charge is -2.11. The van der Waals surface area contributed by atoms with E-state index in [1.807, 2.05) is 60.7 Å². The van der Waals surface area contributed by atoms with Crippen molar-refractivity contribution >= 4 is 27.5 Å². The molecule has 0 fully saturated rings. The van der Waals surface area contributed by atoms with Gasteiger partial charge in [0.25, 0.3) is 5.91 Å². The first-order valence-corrected chi connectivity index (χ1v) is 8.98. The molecule has 3 aromatic carbocycles. The molecule has 0 bridgehead atoms. The average Bonchev–Trinajstić information content (AvgIpc) is 2.68. The van der Waals surface area contributed by atoms with Crippen LogP contribution in [0.1, 0.15) is 10.4 Å². The first-order chi connectivity index (χ1) is 12.7.